The number of rotatable bonds is 3. The molecule has 2 heterocycles. The number of hydrogen-bond acceptors (Lipinski definition) is 5. The first-order valence-electron chi connectivity index (χ1n) is 7.96. The van der Waals surface area contributed by atoms with Crippen molar-refractivity contribution in [1.29, 1.82) is 0 Å². The first kappa shape index (κ1) is 16.5. The zero-order valence-electron chi connectivity index (χ0n) is 13.5. The SMILES string of the molecule is CC(=O)N(c1nc(/C=C2/COc3ccc(Br)cc3C2=O)cs1)C1CC1. The van der Waals surface area contributed by atoms with E-state index in [1.807, 2.05) is 11.4 Å². The average molecular weight is 419 g/mol. The Labute approximate surface area is 157 Å². The maximum absolute atomic E-state index is 12.7. The van der Waals surface area contributed by atoms with Crippen LogP contribution in [-0.2, 0) is 4.79 Å². The van der Waals surface area contributed by atoms with E-state index in [-0.39, 0.29) is 24.3 Å². The highest BCUT2D eigenvalue weighted by Gasteiger charge is 2.33. The van der Waals surface area contributed by atoms with Crippen LogP contribution in [0.15, 0.2) is 33.6 Å². The molecule has 1 fully saturated rings. The summed E-state index contributed by atoms with van der Waals surface area (Å²) in [6, 6.07) is 5.67. The lowest BCUT2D eigenvalue weighted by molar-refractivity contribution is -0.116. The van der Waals surface area contributed by atoms with Crippen LogP contribution in [0.5, 0.6) is 5.75 Å². The fourth-order valence-electron chi connectivity index (χ4n) is 2.82. The van der Waals surface area contributed by atoms with Gasteiger partial charge in [-0.1, -0.05) is 15.9 Å². The molecule has 2 aliphatic rings. The maximum Gasteiger partial charge on any atom is 0.225 e. The Morgan fingerprint density at radius 1 is 1.44 bits per heavy atom. The molecule has 1 aromatic heterocycles. The lowest BCUT2D eigenvalue weighted by Gasteiger charge is -2.18. The van der Waals surface area contributed by atoms with Gasteiger partial charge in [-0.05, 0) is 37.1 Å². The molecule has 0 saturated heterocycles. The molecule has 0 radical (unpaired) electrons. The fraction of sp³-hybridized carbons (Fsp3) is 0.278. The van der Waals surface area contributed by atoms with Crippen LogP contribution in [0.3, 0.4) is 0 Å². The standard InChI is InChI=1S/C18H15BrN2O3S/c1-10(22)21(14-3-4-14)18-20-13(9-25-18)6-11-8-24-16-5-2-12(19)7-15(16)17(11)23/h2,5-7,9,14H,3-4,8H2,1H3/b11-6-. The van der Waals surface area contributed by atoms with E-state index in [1.54, 1.807) is 30.0 Å². The topological polar surface area (TPSA) is 59.5 Å². The number of hydrogen-bond donors (Lipinski definition) is 0. The van der Waals surface area contributed by atoms with E-state index >= 15 is 0 Å². The number of Topliss-reactive ketones (excluding diaryl/α,β-unsaturated/α-hetero) is 1. The minimum absolute atomic E-state index is 0.00640. The molecule has 4 rings (SSSR count). The van der Waals surface area contributed by atoms with Gasteiger partial charge in [-0.25, -0.2) is 4.98 Å². The second-order valence-electron chi connectivity index (χ2n) is 6.10. The third-order valence-corrected chi connectivity index (χ3v) is 5.50. The number of benzene rings is 1. The number of aromatic nitrogens is 1. The first-order chi connectivity index (χ1) is 12.0. The average Bonchev–Trinajstić information content (AvgIpc) is 3.29. The lowest BCUT2D eigenvalue weighted by atomic mass is 10.00. The highest BCUT2D eigenvalue weighted by Crippen LogP contribution is 2.35. The van der Waals surface area contributed by atoms with Gasteiger partial charge in [0.1, 0.15) is 12.4 Å². The summed E-state index contributed by atoms with van der Waals surface area (Å²) < 4.78 is 6.51. The molecule has 1 saturated carbocycles. The Kier molecular flexibility index (Phi) is 4.21. The van der Waals surface area contributed by atoms with Crippen molar-refractivity contribution in [3.8, 4) is 5.75 Å². The number of anilines is 1. The quantitative estimate of drug-likeness (QED) is 0.704. The predicted octanol–water partition coefficient (Wildman–Crippen LogP) is 4.08. The summed E-state index contributed by atoms with van der Waals surface area (Å²) in [5.74, 6) is 0.551. The molecule has 0 atom stereocenters. The van der Waals surface area contributed by atoms with Crippen LogP contribution >= 0.6 is 27.3 Å². The fourth-order valence-corrected chi connectivity index (χ4v) is 4.08. The van der Waals surface area contributed by atoms with Gasteiger partial charge in [-0.2, -0.15) is 0 Å². The molecule has 1 aliphatic heterocycles. The molecule has 128 valence electrons. The second kappa shape index (κ2) is 6.38. The van der Waals surface area contributed by atoms with Crippen LogP contribution < -0.4 is 9.64 Å². The van der Waals surface area contributed by atoms with E-state index in [9.17, 15) is 9.59 Å². The van der Waals surface area contributed by atoms with Gasteiger partial charge in [0.05, 0.1) is 11.3 Å². The van der Waals surface area contributed by atoms with E-state index in [0.29, 0.717) is 27.7 Å². The summed E-state index contributed by atoms with van der Waals surface area (Å²) >= 11 is 4.80. The van der Waals surface area contributed by atoms with Gasteiger partial charge in [0.2, 0.25) is 5.91 Å². The Balaban J connectivity index is 1.61. The number of amides is 1. The number of nitrogens with zero attached hydrogens (tertiary/aromatic N) is 2. The van der Waals surface area contributed by atoms with Crippen LogP contribution in [0, 0.1) is 0 Å². The van der Waals surface area contributed by atoms with Crippen molar-refractivity contribution in [1.82, 2.24) is 4.98 Å². The van der Waals surface area contributed by atoms with Crippen LogP contribution in [0.2, 0.25) is 0 Å². The highest BCUT2D eigenvalue weighted by molar-refractivity contribution is 9.10. The summed E-state index contributed by atoms with van der Waals surface area (Å²) in [6.07, 6.45) is 3.79. The van der Waals surface area contributed by atoms with Crippen LogP contribution in [-0.4, -0.2) is 29.3 Å². The maximum atomic E-state index is 12.7. The molecule has 0 unspecified atom stereocenters. The first-order valence-corrected chi connectivity index (χ1v) is 9.63. The molecule has 5 nitrogen and oxygen atoms in total. The summed E-state index contributed by atoms with van der Waals surface area (Å²) in [4.78, 5) is 30.8. The van der Waals surface area contributed by atoms with Gasteiger partial charge in [0.25, 0.3) is 0 Å². The molecule has 0 bridgehead atoms. The van der Waals surface area contributed by atoms with Gasteiger partial charge in [0.15, 0.2) is 10.9 Å². The van der Waals surface area contributed by atoms with Gasteiger partial charge in [0, 0.05) is 28.4 Å². The number of carbonyl (C=O) groups excluding carboxylic acids is 2. The summed E-state index contributed by atoms with van der Waals surface area (Å²) in [5.41, 5.74) is 1.78. The Bertz CT molecular complexity index is 901. The minimum Gasteiger partial charge on any atom is -0.488 e. The van der Waals surface area contributed by atoms with Crippen LogP contribution in [0.25, 0.3) is 6.08 Å². The van der Waals surface area contributed by atoms with E-state index < -0.39 is 0 Å². The van der Waals surface area contributed by atoms with Crippen molar-refractivity contribution in [2.45, 2.75) is 25.8 Å². The number of fused-ring (bicyclic) bond motifs is 1. The van der Waals surface area contributed by atoms with Gasteiger partial charge in [-0.15, -0.1) is 11.3 Å². The molecule has 0 N–H and O–H groups in total. The largest absolute Gasteiger partial charge is 0.488 e. The molecule has 25 heavy (non-hydrogen) atoms. The Morgan fingerprint density at radius 3 is 2.96 bits per heavy atom. The zero-order valence-corrected chi connectivity index (χ0v) is 15.9. The lowest BCUT2D eigenvalue weighted by Crippen LogP contribution is -2.30. The smallest absolute Gasteiger partial charge is 0.225 e. The molecular weight excluding hydrogens is 404 g/mol. The van der Waals surface area contributed by atoms with Crippen LogP contribution in [0.4, 0.5) is 5.13 Å². The molecule has 1 aromatic carbocycles. The number of carbonyl (C=O) groups is 2. The molecule has 1 aliphatic carbocycles. The van der Waals surface area contributed by atoms with Crippen molar-refractivity contribution >= 4 is 50.2 Å². The molecule has 2 aromatic rings. The number of halogens is 1. The summed E-state index contributed by atoms with van der Waals surface area (Å²) in [5, 5.41) is 2.55. The third kappa shape index (κ3) is 3.26. The summed E-state index contributed by atoms with van der Waals surface area (Å²) in [7, 11) is 0. The Hall–Kier alpha value is -1.99. The van der Waals surface area contributed by atoms with Crippen molar-refractivity contribution in [3.05, 3.63) is 44.9 Å². The Morgan fingerprint density at radius 2 is 2.24 bits per heavy atom. The second-order valence-corrected chi connectivity index (χ2v) is 7.86. The zero-order chi connectivity index (χ0) is 17.6. The van der Waals surface area contributed by atoms with Crippen molar-refractivity contribution in [3.63, 3.8) is 0 Å². The van der Waals surface area contributed by atoms with E-state index in [1.165, 1.54) is 11.3 Å². The van der Waals surface area contributed by atoms with Gasteiger partial charge < -0.3 is 4.74 Å². The minimum atomic E-state index is -0.0530. The van der Waals surface area contributed by atoms with Gasteiger partial charge >= 0.3 is 0 Å². The predicted molar refractivity (Wildman–Crippen MR) is 100 cm³/mol. The van der Waals surface area contributed by atoms with E-state index in [4.69, 9.17) is 4.74 Å². The molecule has 1 amide bonds. The number of ketones is 1. The van der Waals surface area contributed by atoms with Crippen molar-refractivity contribution in [2.75, 3.05) is 11.5 Å². The van der Waals surface area contributed by atoms with Gasteiger partial charge in [-0.3, -0.25) is 14.5 Å². The molecule has 0 spiro atoms. The number of ether oxygens (including phenoxy) is 1. The molecule has 7 heteroatoms. The third-order valence-electron chi connectivity index (χ3n) is 4.15. The van der Waals surface area contributed by atoms with Crippen molar-refractivity contribution in [2.24, 2.45) is 0 Å². The highest BCUT2D eigenvalue weighted by atomic mass is 79.9. The van der Waals surface area contributed by atoms with Crippen molar-refractivity contribution < 1.29 is 14.3 Å². The summed E-state index contributed by atoms with van der Waals surface area (Å²) in [6.45, 7) is 1.78. The van der Waals surface area contributed by atoms with Crippen LogP contribution in [0.1, 0.15) is 35.8 Å². The monoisotopic (exact) mass is 418 g/mol. The normalized spacial score (nSPS) is 18.0. The number of thiazole rings is 1. The van der Waals surface area contributed by atoms with E-state index in [0.717, 1.165) is 17.3 Å². The molecular formula is C18H15BrN2O3S. The van der Waals surface area contributed by atoms with E-state index in [2.05, 4.69) is 20.9 Å².